The second-order valence-corrected chi connectivity index (χ2v) is 14.9. The number of esters is 1. The molecule has 3 aliphatic rings. The molecule has 6 rings (SSSR count). The molecule has 0 bridgehead atoms. The molecule has 16 nitrogen and oxygen atoms in total. The zero-order chi connectivity index (χ0) is 41.5. The number of phenols is 2. The summed E-state index contributed by atoms with van der Waals surface area (Å²) < 4.78 is 40.4. The first kappa shape index (κ1) is 42.4. The lowest BCUT2D eigenvalue weighted by atomic mass is 9.75. The maximum Gasteiger partial charge on any atom is 0.338 e. The number of fused-ring (bicyclic) bond motifs is 2. The molecule has 0 radical (unpaired) electrons. The Balaban J connectivity index is 1.24. The van der Waals surface area contributed by atoms with Gasteiger partial charge in [0.15, 0.2) is 24.0 Å². The summed E-state index contributed by atoms with van der Waals surface area (Å²) in [6.07, 6.45) is -13.3. The van der Waals surface area contributed by atoms with Gasteiger partial charge in [0.2, 0.25) is 6.29 Å². The Morgan fingerprint density at radius 2 is 1.58 bits per heavy atom. The highest BCUT2D eigenvalue weighted by molar-refractivity contribution is 6.11. The van der Waals surface area contributed by atoms with E-state index >= 15 is 0 Å². The number of phenolic OH excluding ortho intramolecular Hbond substituents is 2. The zero-order valence-electron chi connectivity index (χ0n) is 32.4. The quantitative estimate of drug-likeness (QED) is 0.144. The summed E-state index contributed by atoms with van der Waals surface area (Å²) in [5, 5.41) is 65.4. The molecule has 0 saturated carbocycles. The minimum absolute atomic E-state index is 0.0153. The van der Waals surface area contributed by atoms with Crippen molar-refractivity contribution in [1.82, 2.24) is 0 Å². The fraction of sp³-hybridized carbons (Fsp3) is 0.537. The molecule has 6 N–H and O–H groups in total. The monoisotopic (exact) mass is 798 g/mol. The summed E-state index contributed by atoms with van der Waals surface area (Å²) in [6, 6.07) is 11.2. The summed E-state index contributed by atoms with van der Waals surface area (Å²) in [5.74, 6) is -3.98. The number of ketones is 2. The van der Waals surface area contributed by atoms with Gasteiger partial charge in [-0.15, -0.1) is 0 Å². The first-order chi connectivity index (χ1) is 27.1. The maximum atomic E-state index is 14.0. The standard InChI is InChI=1S/C41H50O16/c1-17-26(56-29-16-27(34(45)19(3)54-29)57-28-15-25(42)33(44)18(2)53-28)14-23-12-22-13-24(39(51-5)37(48)31(22)36(47)30(23)32(17)43)40(52-6)38(49)35(46)20(4)55-41(50)21-10-8-7-9-11-21/h7-12,14,18-20,24-25,27-29,33-35,39-40,42-47H,13,15-16H2,1-6H3/t18?,19?,20-,24-,25?,27?,28+,29+,33-,34-,35+,39+,40+/m1/s1. The van der Waals surface area contributed by atoms with Gasteiger partial charge in [-0.1, -0.05) is 18.2 Å². The van der Waals surface area contributed by atoms with Gasteiger partial charge < -0.3 is 63.8 Å². The maximum absolute atomic E-state index is 14.0. The van der Waals surface area contributed by atoms with Crippen LogP contribution in [0, 0.1) is 12.8 Å². The molecule has 57 heavy (non-hydrogen) atoms. The minimum Gasteiger partial charge on any atom is -0.507 e. The van der Waals surface area contributed by atoms with Crippen LogP contribution in [0.4, 0.5) is 0 Å². The van der Waals surface area contributed by atoms with Crippen LogP contribution in [0.25, 0.3) is 10.8 Å². The van der Waals surface area contributed by atoms with Gasteiger partial charge in [-0.2, -0.15) is 0 Å². The molecule has 0 amide bonds. The molecule has 3 aromatic rings. The number of aromatic hydroxyl groups is 2. The highest BCUT2D eigenvalue weighted by atomic mass is 16.7. The van der Waals surface area contributed by atoms with Crippen molar-refractivity contribution < 1.29 is 78.2 Å². The third-order valence-electron chi connectivity index (χ3n) is 11.1. The van der Waals surface area contributed by atoms with Crippen LogP contribution in [0.5, 0.6) is 17.2 Å². The predicted molar refractivity (Wildman–Crippen MR) is 199 cm³/mol. The Kier molecular flexibility index (Phi) is 12.9. The van der Waals surface area contributed by atoms with Crippen molar-refractivity contribution in [3.63, 3.8) is 0 Å². The molecule has 0 aromatic heterocycles. The number of carbonyl (C=O) groups excluding carboxylic acids is 3. The van der Waals surface area contributed by atoms with Crippen molar-refractivity contribution in [2.75, 3.05) is 14.2 Å². The summed E-state index contributed by atoms with van der Waals surface area (Å²) in [4.78, 5) is 40.4. The highest BCUT2D eigenvalue weighted by Crippen LogP contribution is 2.46. The van der Waals surface area contributed by atoms with E-state index in [2.05, 4.69) is 0 Å². The Morgan fingerprint density at radius 3 is 2.23 bits per heavy atom. The van der Waals surface area contributed by atoms with Gasteiger partial charge in [-0.3, -0.25) is 9.59 Å². The normalized spacial score (nSPS) is 30.6. The van der Waals surface area contributed by atoms with E-state index in [1.807, 2.05) is 0 Å². The smallest absolute Gasteiger partial charge is 0.338 e. The Bertz CT molecular complexity index is 1940. The van der Waals surface area contributed by atoms with Crippen LogP contribution in [0.3, 0.4) is 0 Å². The highest BCUT2D eigenvalue weighted by Gasteiger charge is 2.47. The van der Waals surface area contributed by atoms with Crippen molar-refractivity contribution in [3.8, 4) is 17.2 Å². The first-order valence-electron chi connectivity index (χ1n) is 18.8. The summed E-state index contributed by atoms with van der Waals surface area (Å²) in [6.45, 7) is 6.14. The van der Waals surface area contributed by atoms with E-state index in [1.165, 1.54) is 33.3 Å². The van der Waals surface area contributed by atoms with E-state index in [0.717, 1.165) is 0 Å². The van der Waals surface area contributed by atoms with E-state index < -0.39 is 103 Å². The van der Waals surface area contributed by atoms with Crippen molar-refractivity contribution in [1.29, 1.82) is 0 Å². The van der Waals surface area contributed by atoms with Gasteiger partial charge in [0.05, 0.1) is 40.9 Å². The first-order valence-corrected chi connectivity index (χ1v) is 18.8. The van der Waals surface area contributed by atoms with Crippen LogP contribution in [0.15, 0.2) is 42.5 Å². The molecular weight excluding hydrogens is 748 g/mol. The molecule has 1 aliphatic carbocycles. The number of Topliss-reactive ketones (excluding diaryl/α,β-unsaturated/α-hetero) is 2. The lowest BCUT2D eigenvalue weighted by molar-refractivity contribution is -0.298. The van der Waals surface area contributed by atoms with Gasteiger partial charge >= 0.3 is 5.97 Å². The van der Waals surface area contributed by atoms with Crippen molar-refractivity contribution >= 4 is 28.3 Å². The Hall–Kier alpha value is -4.23. The predicted octanol–water partition coefficient (Wildman–Crippen LogP) is 2.24. The van der Waals surface area contributed by atoms with E-state index in [9.17, 15) is 45.0 Å². The number of hydrogen-bond acceptors (Lipinski definition) is 16. The molecular formula is C41H50O16. The third-order valence-corrected chi connectivity index (χ3v) is 11.1. The van der Waals surface area contributed by atoms with Crippen molar-refractivity contribution in [3.05, 3.63) is 64.7 Å². The number of methoxy groups -OCH3 is 2. The number of hydrogen-bond donors (Lipinski definition) is 6. The Labute approximate surface area is 328 Å². The molecule has 2 saturated heterocycles. The third kappa shape index (κ3) is 8.37. The number of ether oxygens (including phenoxy) is 7. The molecule has 16 heteroatoms. The van der Waals surface area contributed by atoms with Crippen LogP contribution < -0.4 is 4.74 Å². The molecule has 0 spiro atoms. The van der Waals surface area contributed by atoms with Gasteiger partial charge in [0.1, 0.15) is 47.8 Å². The molecule has 310 valence electrons. The average molecular weight is 799 g/mol. The van der Waals surface area contributed by atoms with Gasteiger partial charge in [0.25, 0.3) is 0 Å². The molecule has 2 aliphatic heterocycles. The molecule has 3 aromatic carbocycles. The number of benzene rings is 3. The summed E-state index contributed by atoms with van der Waals surface area (Å²) in [7, 11) is 2.51. The lowest BCUT2D eigenvalue weighted by Gasteiger charge is -2.41. The minimum atomic E-state index is -1.82. The summed E-state index contributed by atoms with van der Waals surface area (Å²) >= 11 is 0. The van der Waals surface area contributed by atoms with Crippen LogP contribution in [0.2, 0.25) is 0 Å². The van der Waals surface area contributed by atoms with Crippen molar-refractivity contribution in [2.24, 2.45) is 5.92 Å². The number of carbonyl (C=O) groups is 3. The van der Waals surface area contributed by atoms with Crippen LogP contribution >= 0.6 is 0 Å². The van der Waals surface area contributed by atoms with Gasteiger partial charge in [0, 0.05) is 38.5 Å². The van der Waals surface area contributed by atoms with E-state index in [0.29, 0.717) is 5.56 Å². The fourth-order valence-electron chi connectivity index (χ4n) is 7.91. The van der Waals surface area contributed by atoms with E-state index in [1.54, 1.807) is 51.1 Å². The van der Waals surface area contributed by atoms with Crippen LogP contribution in [0.1, 0.15) is 65.5 Å². The molecule has 4 unspecified atom stereocenters. The van der Waals surface area contributed by atoms with Gasteiger partial charge in [-0.05, 0) is 69.3 Å². The SMILES string of the molecule is CO[C@@H]1C(=O)c2c(cc3cc(O[C@H]4CC(O[C@H]5CC(O)[C@H](O)C(C)O5)[C@H](O)C(C)O4)c(C)c(O)c3c2O)C[C@H]1[C@H](OC)C(=O)[C@@H](O)[C@@H](C)OC(=O)c1ccccc1. The van der Waals surface area contributed by atoms with E-state index in [-0.39, 0.29) is 58.2 Å². The number of rotatable bonds is 12. The zero-order valence-corrected chi connectivity index (χ0v) is 32.4. The van der Waals surface area contributed by atoms with E-state index in [4.69, 9.17) is 33.2 Å². The molecule has 2 fully saturated rings. The van der Waals surface area contributed by atoms with Crippen LogP contribution in [-0.2, 0) is 39.6 Å². The second-order valence-electron chi connectivity index (χ2n) is 14.9. The second kappa shape index (κ2) is 17.3. The lowest BCUT2D eigenvalue weighted by Crippen LogP contribution is -2.53. The largest absolute Gasteiger partial charge is 0.507 e. The molecule has 13 atom stereocenters. The topological polar surface area (TPSA) is 237 Å². The van der Waals surface area contributed by atoms with Crippen molar-refractivity contribution in [2.45, 2.75) is 121 Å². The summed E-state index contributed by atoms with van der Waals surface area (Å²) in [5.41, 5.74) is 0.629. The van der Waals surface area contributed by atoms with Crippen LogP contribution in [-0.4, -0.2) is 136 Å². The van der Waals surface area contributed by atoms with Gasteiger partial charge in [-0.25, -0.2) is 4.79 Å². The average Bonchev–Trinajstić information content (AvgIpc) is 3.17. The number of aliphatic hydroxyl groups is 4. The Morgan fingerprint density at radius 1 is 0.912 bits per heavy atom. The fourth-order valence-corrected chi connectivity index (χ4v) is 7.91. The molecule has 2 heterocycles. The number of aliphatic hydroxyl groups excluding tert-OH is 4.